The quantitative estimate of drug-likeness (QED) is 0.569. The first-order chi connectivity index (χ1) is 10.4. The molecule has 2 N–H and O–H groups in total. The molecule has 0 spiro atoms. The SMILES string of the molecule is CC(C)=CCC/C(C)=C/CC/C(C)=C/CO[C@H](CO)C(=O)O. The predicted octanol–water partition coefficient (Wildman–Crippen LogP) is 3.87. The van der Waals surface area contributed by atoms with Crippen LogP contribution in [0.1, 0.15) is 53.4 Å². The van der Waals surface area contributed by atoms with Gasteiger partial charge in [0.2, 0.25) is 0 Å². The van der Waals surface area contributed by atoms with Crippen LogP contribution in [-0.2, 0) is 9.53 Å². The maximum atomic E-state index is 10.7. The van der Waals surface area contributed by atoms with Crippen molar-refractivity contribution in [3.63, 3.8) is 0 Å². The number of rotatable bonds is 11. The minimum absolute atomic E-state index is 0.215. The summed E-state index contributed by atoms with van der Waals surface area (Å²) in [5.41, 5.74) is 3.91. The smallest absolute Gasteiger partial charge is 0.335 e. The molecule has 4 nitrogen and oxygen atoms in total. The molecule has 0 fully saturated rings. The van der Waals surface area contributed by atoms with Crippen LogP contribution in [0, 0.1) is 0 Å². The Morgan fingerprint density at radius 1 is 1.00 bits per heavy atom. The molecule has 0 saturated heterocycles. The Labute approximate surface area is 134 Å². The molecule has 0 aliphatic rings. The van der Waals surface area contributed by atoms with E-state index in [-0.39, 0.29) is 6.61 Å². The van der Waals surface area contributed by atoms with Crippen molar-refractivity contribution >= 4 is 5.97 Å². The van der Waals surface area contributed by atoms with Gasteiger partial charge in [0.15, 0.2) is 6.10 Å². The fourth-order valence-electron chi connectivity index (χ4n) is 1.85. The van der Waals surface area contributed by atoms with Crippen LogP contribution >= 0.6 is 0 Å². The number of aliphatic carboxylic acids is 1. The Morgan fingerprint density at radius 2 is 1.55 bits per heavy atom. The fraction of sp³-hybridized carbons (Fsp3) is 0.611. The van der Waals surface area contributed by atoms with E-state index >= 15 is 0 Å². The van der Waals surface area contributed by atoms with E-state index in [9.17, 15) is 4.79 Å². The zero-order valence-corrected chi connectivity index (χ0v) is 14.3. The minimum Gasteiger partial charge on any atom is -0.479 e. The first-order valence-electron chi connectivity index (χ1n) is 7.76. The number of aliphatic hydroxyl groups is 1. The summed E-state index contributed by atoms with van der Waals surface area (Å²) in [6.07, 6.45) is 9.33. The Hall–Kier alpha value is -1.39. The summed E-state index contributed by atoms with van der Waals surface area (Å²) in [4.78, 5) is 10.7. The lowest BCUT2D eigenvalue weighted by atomic mass is 10.1. The molecule has 0 rings (SSSR count). The Morgan fingerprint density at radius 3 is 2.05 bits per heavy atom. The lowest BCUT2D eigenvalue weighted by molar-refractivity contribution is -0.152. The van der Waals surface area contributed by atoms with Gasteiger partial charge in [-0.25, -0.2) is 4.79 Å². The highest BCUT2D eigenvalue weighted by atomic mass is 16.5. The molecule has 0 aromatic heterocycles. The molecule has 0 heterocycles. The van der Waals surface area contributed by atoms with E-state index in [0.29, 0.717) is 0 Å². The van der Waals surface area contributed by atoms with Gasteiger partial charge in [0, 0.05) is 0 Å². The number of aliphatic hydroxyl groups excluding tert-OH is 1. The summed E-state index contributed by atoms with van der Waals surface area (Å²) >= 11 is 0. The van der Waals surface area contributed by atoms with E-state index in [1.165, 1.54) is 11.1 Å². The van der Waals surface area contributed by atoms with Crippen LogP contribution < -0.4 is 0 Å². The maximum Gasteiger partial charge on any atom is 0.335 e. The second-order valence-corrected chi connectivity index (χ2v) is 5.80. The average Bonchev–Trinajstić information content (AvgIpc) is 2.42. The fourth-order valence-corrected chi connectivity index (χ4v) is 1.85. The number of carboxylic acid groups (broad SMARTS) is 1. The molecule has 0 bridgehead atoms. The number of carbonyl (C=O) groups is 1. The van der Waals surface area contributed by atoms with Crippen LogP contribution in [0.3, 0.4) is 0 Å². The van der Waals surface area contributed by atoms with Crippen LogP contribution in [0.15, 0.2) is 34.9 Å². The van der Waals surface area contributed by atoms with Crippen molar-refractivity contribution in [3.05, 3.63) is 34.9 Å². The number of allylic oxidation sites excluding steroid dienone is 5. The number of hydrogen-bond donors (Lipinski definition) is 2. The normalized spacial score (nSPS) is 13.9. The first-order valence-corrected chi connectivity index (χ1v) is 7.76. The third-order valence-electron chi connectivity index (χ3n) is 3.29. The van der Waals surface area contributed by atoms with Crippen molar-refractivity contribution in [3.8, 4) is 0 Å². The lowest BCUT2D eigenvalue weighted by Crippen LogP contribution is -2.27. The molecule has 0 radical (unpaired) electrons. The van der Waals surface area contributed by atoms with Gasteiger partial charge in [-0.1, -0.05) is 34.9 Å². The summed E-state index contributed by atoms with van der Waals surface area (Å²) in [6, 6.07) is 0. The number of hydrogen-bond acceptors (Lipinski definition) is 3. The molecule has 0 aromatic carbocycles. The minimum atomic E-state index is -1.14. The Kier molecular flexibility index (Phi) is 11.4. The zero-order chi connectivity index (χ0) is 17.0. The summed E-state index contributed by atoms with van der Waals surface area (Å²) < 4.78 is 5.08. The third-order valence-corrected chi connectivity index (χ3v) is 3.29. The molecule has 0 unspecified atom stereocenters. The standard InChI is InChI=1S/C18H30O4/c1-14(2)7-5-8-15(3)9-6-10-16(4)11-12-22-17(13-19)18(20)21/h7,9,11,17,19H,5-6,8,10,12-13H2,1-4H3,(H,20,21)/b15-9+,16-11+/t17-/m1/s1. The second-order valence-electron chi connectivity index (χ2n) is 5.80. The topological polar surface area (TPSA) is 66.8 Å². The molecule has 126 valence electrons. The molecular weight excluding hydrogens is 280 g/mol. The van der Waals surface area contributed by atoms with Gasteiger partial charge in [0.25, 0.3) is 0 Å². The lowest BCUT2D eigenvalue weighted by Gasteiger charge is -2.09. The molecule has 1 atom stereocenters. The summed E-state index contributed by atoms with van der Waals surface area (Å²) in [6.45, 7) is 8.09. The van der Waals surface area contributed by atoms with Gasteiger partial charge in [-0.15, -0.1) is 0 Å². The van der Waals surface area contributed by atoms with Crippen molar-refractivity contribution < 1.29 is 19.7 Å². The van der Waals surface area contributed by atoms with Gasteiger partial charge in [-0.2, -0.15) is 0 Å². The van der Waals surface area contributed by atoms with Crippen molar-refractivity contribution in [2.75, 3.05) is 13.2 Å². The molecule has 0 saturated carbocycles. The van der Waals surface area contributed by atoms with Crippen LogP contribution in [0.2, 0.25) is 0 Å². The average molecular weight is 310 g/mol. The van der Waals surface area contributed by atoms with Crippen LogP contribution in [0.25, 0.3) is 0 Å². The summed E-state index contributed by atoms with van der Waals surface area (Å²) in [5.74, 6) is -1.14. The van der Waals surface area contributed by atoms with Crippen molar-refractivity contribution in [2.24, 2.45) is 0 Å². The van der Waals surface area contributed by atoms with Crippen LogP contribution in [0.4, 0.5) is 0 Å². The van der Waals surface area contributed by atoms with Gasteiger partial charge in [0.05, 0.1) is 13.2 Å². The highest BCUT2D eigenvalue weighted by Crippen LogP contribution is 2.11. The zero-order valence-electron chi connectivity index (χ0n) is 14.3. The summed E-state index contributed by atoms with van der Waals surface area (Å²) in [7, 11) is 0. The van der Waals surface area contributed by atoms with Crippen molar-refractivity contribution in [2.45, 2.75) is 59.5 Å². The van der Waals surface area contributed by atoms with E-state index in [1.54, 1.807) is 0 Å². The van der Waals surface area contributed by atoms with Crippen molar-refractivity contribution in [1.29, 1.82) is 0 Å². The molecular formula is C18H30O4. The molecule has 22 heavy (non-hydrogen) atoms. The highest BCUT2D eigenvalue weighted by molar-refractivity contribution is 5.72. The third kappa shape index (κ3) is 11.3. The van der Waals surface area contributed by atoms with Crippen LogP contribution in [-0.4, -0.2) is 35.5 Å². The molecule has 4 heteroatoms. The van der Waals surface area contributed by atoms with Gasteiger partial charge in [-0.05, 0) is 53.4 Å². The second kappa shape index (κ2) is 12.2. The highest BCUT2D eigenvalue weighted by Gasteiger charge is 2.15. The number of carboxylic acids is 1. The van der Waals surface area contributed by atoms with Gasteiger partial charge >= 0.3 is 5.97 Å². The maximum absolute atomic E-state index is 10.7. The monoisotopic (exact) mass is 310 g/mol. The van der Waals surface area contributed by atoms with Gasteiger partial charge < -0.3 is 14.9 Å². The van der Waals surface area contributed by atoms with Gasteiger partial charge in [0.1, 0.15) is 0 Å². The van der Waals surface area contributed by atoms with E-state index in [4.69, 9.17) is 14.9 Å². The largest absolute Gasteiger partial charge is 0.479 e. The Bertz CT molecular complexity index is 415. The van der Waals surface area contributed by atoms with Gasteiger partial charge in [-0.3, -0.25) is 0 Å². The Balaban J connectivity index is 4.01. The van der Waals surface area contributed by atoms with E-state index in [0.717, 1.165) is 31.3 Å². The van der Waals surface area contributed by atoms with Crippen molar-refractivity contribution in [1.82, 2.24) is 0 Å². The van der Waals surface area contributed by atoms with Crippen LogP contribution in [0.5, 0.6) is 0 Å². The number of ether oxygens (including phenoxy) is 1. The summed E-state index contributed by atoms with van der Waals surface area (Å²) in [5, 5.41) is 17.6. The van der Waals surface area contributed by atoms with E-state index in [1.807, 2.05) is 13.0 Å². The molecule has 0 amide bonds. The predicted molar refractivity (Wildman–Crippen MR) is 89.9 cm³/mol. The first kappa shape index (κ1) is 20.6. The van der Waals surface area contributed by atoms with E-state index in [2.05, 4.69) is 32.9 Å². The molecule has 0 aliphatic heterocycles. The molecule has 0 aromatic rings. The van der Waals surface area contributed by atoms with E-state index < -0.39 is 18.7 Å². The molecule has 0 aliphatic carbocycles.